The van der Waals surface area contributed by atoms with Gasteiger partial charge in [-0.3, -0.25) is 4.79 Å². The Bertz CT molecular complexity index is 1080. The molecule has 0 saturated carbocycles. The first kappa shape index (κ1) is 23.1. The smallest absolute Gasteiger partial charge is 0.407 e. The third-order valence-electron chi connectivity index (χ3n) is 4.93. The number of nitrogens with zero attached hydrogens (tertiary/aromatic N) is 4. The molecule has 0 spiro atoms. The number of aryl methyl sites for hydroxylation is 1. The monoisotopic (exact) mass is 472 g/mol. The van der Waals surface area contributed by atoms with E-state index >= 15 is 0 Å². The quantitative estimate of drug-likeness (QED) is 0.594. The molecule has 176 valence electrons. The zero-order chi connectivity index (χ0) is 23.4. The zero-order valence-corrected chi connectivity index (χ0v) is 19.8. The van der Waals surface area contributed by atoms with E-state index in [9.17, 15) is 9.59 Å². The summed E-state index contributed by atoms with van der Waals surface area (Å²) < 4.78 is 12.5. The minimum absolute atomic E-state index is 0.0354. The second-order valence-electron chi connectivity index (χ2n) is 8.83. The molecule has 2 aromatic rings. The van der Waals surface area contributed by atoms with Crippen LogP contribution in [0.3, 0.4) is 0 Å². The third-order valence-corrected chi connectivity index (χ3v) is 5.86. The molecule has 0 atom stereocenters. The second kappa shape index (κ2) is 9.82. The molecule has 33 heavy (non-hydrogen) atoms. The summed E-state index contributed by atoms with van der Waals surface area (Å²) in [7, 11) is 0. The minimum Gasteiger partial charge on any atom is -0.482 e. The van der Waals surface area contributed by atoms with E-state index in [1.807, 2.05) is 39.0 Å². The van der Waals surface area contributed by atoms with Crippen LogP contribution in [0.5, 0.6) is 5.75 Å². The third kappa shape index (κ3) is 6.04. The van der Waals surface area contributed by atoms with E-state index in [4.69, 9.17) is 14.6 Å². The number of aromatic nitrogens is 3. The van der Waals surface area contributed by atoms with Crippen molar-refractivity contribution in [2.45, 2.75) is 57.2 Å². The number of hydrogen-bond donors (Lipinski definition) is 2. The molecule has 10 nitrogen and oxygen atoms in total. The Morgan fingerprint density at radius 1 is 1.27 bits per heavy atom. The molecule has 2 amide bonds. The maximum Gasteiger partial charge on any atom is 0.407 e. The largest absolute Gasteiger partial charge is 0.482 e. The van der Waals surface area contributed by atoms with Gasteiger partial charge in [0.25, 0.3) is 5.91 Å². The number of amides is 2. The van der Waals surface area contributed by atoms with Gasteiger partial charge in [-0.15, -0.1) is 10.2 Å². The molecule has 2 N–H and O–H groups in total. The van der Waals surface area contributed by atoms with E-state index in [2.05, 4.69) is 20.8 Å². The average Bonchev–Trinajstić information content (AvgIpc) is 3.16. The number of anilines is 1. The van der Waals surface area contributed by atoms with E-state index < -0.39 is 5.60 Å². The maximum atomic E-state index is 11.7. The van der Waals surface area contributed by atoms with Crippen molar-refractivity contribution in [1.29, 1.82) is 0 Å². The molecule has 2 aliphatic rings. The van der Waals surface area contributed by atoms with Gasteiger partial charge in [0.1, 0.15) is 11.4 Å². The van der Waals surface area contributed by atoms with Crippen molar-refractivity contribution in [1.82, 2.24) is 20.2 Å². The van der Waals surface area contributed by atoms with Gasteiger partial charge in [0.2, 0.25) is 5.16 Å². The van der Waals surface area contributed by atoms with E-state index in [1.54, 1.807) is 16.4 Å². The van der Waals surface area contributed by atoms with E-state index in [-0.39, 0.29) is 18.6 Å². The highest BCUT2D eigenvalue weighted by atomic mass is 32.2. The van der Waals surface area contributed by atoms with E-state index in [0.717, 1.165) is 47.9 Å². The van der Waals surface area contributed by atoms with Crippen molar-refractivity contribution >= 4 is 35.2 Å². The molecular weight excluding hydrogens is 444 g/mol. The highest BCUT2D eigenvalue weighted by Crippen LogP contribution is 2.31. The van der Waals surface area contributed by atoms with E-state index in [1.165, 1.54) is 0 Å². The maximum absolute atomic E-state index is 11.7. The fourth-order valence-electron chi connectivity index (χ4n) is 3.42. The molecular formula is C22H28N6O4S. The van der Waals surface area contributed by atoms with Gasteiger partial charge in [0, 0.05) is 24.3 Å². The van der Waals surface area contributed by atoms with Crippen LogP contribution in [0.1, 0.15) is 51.4 Å². The number of rotatable bonds is 7. The number of unbranched alkanes of at least 4 members (excludes halogenated alkanes) is 2. The van der Waals surface area contributed by atoms with Crippen molar-refractivity contribution in [3.8, 4) is 5.75 Å². The lowest BCUT2D eigenvalue weighted by Gasteiger charge is -2.20. The van der Waals surface area contributed by atoms with Crippen molar-refractivity contribution in [2.24, 2.45) is 5.10 Å². The van der Waals surface area contributed by atoms with Gasteiger partial charge in [0.05, 0.1) is 11.4 Å². The van der Waals surface area contributed by atoms with Gasteiger partial charge in [-0.2, -0.15) is 9.78 Å². The number of fused-ring (bicyclic) bond motifs is 2. The van der Waals surface area contributed by atoms with Crippen molar-refractivity contribution in [3.63, 3.8) is 0 Å². The van der Waals surface area contributed by atoms with Crippen LogP contribution in [-0.2, 0) is 16.0 Å². The summed E-state index contributed by atoms with van der Waals surface area (Å²) in [5.74, 6) is 1.98. The van der Waals surface area contributed by atoms with Gasteiger partial charge < -0.3 is 20.1 Å². The first-order valence-electron chi connectivity index (χ1n) is 11.0. The van der Waals surface area contributed by atoms with Gasteiger partial charge >= 0.3 is 6.09 Å². The first-order valence-corrected chi connectivity index (χ1v) is 12.0. The van der Waals surface area contributed by atoms with Crippen molar-refractivity contribution in [3.05, 3.63) is 29.6 Å². The van der Waals surface area contributed by atoms with Crippen LogP contribution in [0, 0.1) is 0 Å². The van der Waals surface area contributed by atoms with Gasteiger partial charge in [-0.05, 0) is 51.8 Å². The highest BCUT2D eigenvalue weighted by Gasteiger charge is 2.22. The molecule has 1 aromatic heterocycles. The molecule has 0 unspecified atom stereocenters. The van der Waals surface area contributed by atoms with Crippen LogP contribution in [-0.4, -0.2) is 57.1 Å². The number of thioether (sulfide) groups is 1. The molecule has 0 radical (unpaired) electrons. The van der Waals surface area contributed by atoms with Crippen LogP contribution in [0.2, 0.25) is 0 Å². The average molecular weight is 473 g/mol. The Labute approximate surface area is 196 Å². The van der Waals surface area contributed by atoms with Crippen LogP contribution in [0.25, 0.3) is 0 Å². The number of alkyl carbamates (subject to hydrolysis) is 1. The molecule has 0 fully saturated rings. The molecule has 0 aliphatic carbocycles. The molecule has 0 bridgehead atoms. The van der Waals surface area contributed by atoms with Gasteiger partial charge in [-0.1, -0.05) is 18.2 Å². The standard InChI is InChI=1S/C22H28N6O4S/c1-22(2,3)32-21(30)23-10-6-4-5-7-18-25-26-20-28(18)27-16(13-33-20)14-8-9-17-15(11-14)24-19(29)12-31-17/h8-9,11H,4-7,10,12-13H2,1-3H3,(H,23,30)(H,24,29). The lowest BCUT2D eigenvalue weighted by molar-refractivity contribution is -0.118. The normalized spacial score (nSPS) is 15.0. The summed E-state index contributed by atoms with van der Waals surface area (Å²) in [6.07, 6.45) is 3.05. The Kier molecular flexibility index (Phi) is 6.87. The lowest BCUT2D eigenvalue weighted by atomic mass is 10.1. The topological polar surface area (TPSA) is 120 Å². The SMILES string of the molecule is CC(C)(C)OC(=O)NCCCCCc1nnc2n1N=C(c1ccc3c(c1)NC(=O)CO3)CS2. The predicted molar refractivity (Wildman–Crippen MR) is 125 cm³/mol. The van der Waals surface area contributed by atoms with Crippen molar-refractivity contribution in [2.75, 3.05) is 24.2 Å². The van der Waals surface area contributed by atoms with Crippen LogP contribution >= 0.6 is 11.8 Å². The van der Waals surface area contributed by atoms with Crippen LogP contribution in [0.4, 0.5) is 10.5 Å². The summed E-state index contributed by atoms with van der Waals surface area (Å²) in [6.45, 7) is 6.14. The highest BCUT2D eigenvalue weighted by molar-refractivity contribution is 7.99. The number of ether oxygens (including phenoxy) is 2. The molecule has 2 aliphatic heterocycles. The Hall–Kier alpha value is -3.08. The van der Waals surface area contributed by atoms with E-state index in [0.29, 0.717) is 23.7 Å². The summed E-state index contributed by atoms with van der Waals surface area (Å²) in [5, 5.41) is 19.7. The Morgan fingerprint density at radius 2 is 2.12 bits per heavy atom. The number of carbonyl (C=O) groups is 2. The molecule has 0 saturated heterocycles. The predicted octanol–water partition coefficient (Wildman–Crippen LogP) is 3.20. The summed E-state index contributed by atoms with van der Waals surface area (Å²) in [5.41, 5.74) is 1.98. The Balaban J connectivity index is 1.31. The molecule has 4 rings (SSSR count). The van der Waals surface area contributed by atoms with Crippen LogP contribution in [0.15, 0.2) is 28.5 Å². The summed E-state index contributed by atoms with van der Waals surface area (Å²) in [6, 6.07) is 5.69. The summed E-state index contributed by atoms with van der Waals surface area (Å²) >= 11 is 1.58. The van der Waals surface area contributed by atoms with Crippen LogP contribution < -0.4 is 15.4 Å². The molecule has 3 heterocycles. The fraction of sp³-hybridized carbons (Fsp3) is 0.500. The molecule has 1 aromatic carbocycles. The molecule has 11 heteroatoms. The number of benzene rings is 1. The zero-order valence-electron chi connectivity index (χ0n) is 19.0. The van der Waals surface area contributed by atoms with Gasteiger partial charge in [-0.25, -0.2) is 4.79 Å². The van der Waals surface area contributed by atoms with Gasteiger partial charge in [0.15, 0.2) is 12.4 Å². The number of hydrogen-bond acceptors (Lipinski definition) is 8. The summed E-state index contributed by atoms with van der Waals surface area (Å²) in [4.78, 5) is 23.3. The first-order chi connectivity index (χ1) is 15.8. The Morgan fingerprint density at radius 3 is 2.94 bits per heavy atom. The van der Waals surface area contributed by atoms with Crippen molar-refractivity contribution < 1.29 is 19.1 Å². The second-order valence-corrected chi connectivity index (χ2v) is 9.78. The number of carbonyl (C=O) groups excluding carboxylic acids is 2. The fourth-order valence-corrected chi connectivity index (χ4v) is 4.27. The minimum atomic E-state index is -0.491. The number of nitrogens with one attached hydrogen (secondary N) is 2. The lowest BCUT2D eigenvalue weighted by Crippen LogP contribution is -2.32.